The minimum Gasteiger partial charge on any atom is -0.470 e. The smallest absolute Gasteiger partial charge is 0.100 e. The van der Waals surface area contributed by atoms with Gasteiger partial charge in [-0.05, 0) is 45.7 Å². The summed E-state index contributed by atoms with van der Waals surface area (Å²) in [7, 11) is 0. The monoisotopic (exact) mass is 220 g/mol. The van der Waals surface area contributed by atoms with Crippen LogP contribution in [0, 0.1) is 6.92 Å². The van der Waals surface area contributed by atoms with E-state index in [1.165, 1.54) is 24.0 Å². The quantitative estimate of drug-likeness (QED) is 0.579. The first kappa shape index (κ1) is 14.8. The van der Waals surface area contributed by atoms with Gasteiger partial charge in [0.15, 0.2) is 0 Å². The van der Waals surface area contributed by atoms with Crippen LogP contribution in [0.2, 0.25) is 0 Å². The van der Waals surface area contributed by atoms with E-state index in [0.717, 1.165) is 5.76 Å². The molecule has 0 atom stereocenters. The summed E-state index contributed by atoms with van der Waals surface area (Å²) in [6.45, 7) is 10.3. The van der Waals surface area contributed by atoms with Gasteiger partial charge >= 0.3 is 0 Å². The molecule has 1 nitrogen and oxygen atoms in total. The molecule has 0 aliphatic heterocycles. The van der Waals surface area contributed by atoms with E-state index in [-0.39, 0.29) is 0 Å². The van der Waals surface area contributed by atoms with Crippen molar-refractivity contribution in [1.82, 2.24) is 0 Å². The van der Waals surface area contributed by atoms with Gasteiger partial charge in [0, 0.05) is 0 Å². The van der Waals surface area contributed by atoms with Gasteiger partial charge in [-0.3, -0.25) is 0 Å². The highest BCUT2D eigenvalue weighted by molar-refractivity contribution is 5.24. The minimum absolute atomic E-state index is 0.968. The molecule has 2 rings (SSSR count). The Balaban J connectivity index is 0.000000251. The van der Waals surface area contributed by atoms with Crippen LogP contribution in [0.5, 0.6) is 0 Å². The molecule has 1 aromatic heterocycles. The third kappa shape index (κ3) is 7.10. The van der Waals surface area contributed by atoms with E-state index in [0.29, 0.717) is 0 Å². The van der Waals surface area contributed by atoms with Crippen molar-refractivity contribution in [3.8, 4) is 0 Å². The SMILES string of the molecule is CC.CC1=CCCC(C)=C1.Cc1ccco1. The number of aryl methyl sites for hydroxylation is 1. The second kappa shape index (κ2) is 9.02. The zero-order valence-electron chi connectivity index (χ0n) is 11.2. The van der Waals surface area contributed by atoms with Crippen molar-refractivity contribution in [2.24, 2.45) is 0 Å². The summed E-state index contributed by atoms with van der Waals surface area (Å²) in [5.74, 6) is 0.968. The lowest BCUT2D eigenvalue weighted by Gasteiger charge is -2.04. The number of furan rings is 1. The van der Waals surface area contributed by atoms with Crippen molar-refractivity contribution in [2.45, 2.75) is 47.5 Å². The summed E-state index contributed by atoms with van der Waals surface area (Å²) >= 11 is 0. The Morgan fingerprint density at radius 3 is 2.06 bits per heavy atom. The second-order valence-corrected chi connectivity index (χ2v) is 3.70. The lowest BCUT2D eigenvalue weighted by Crippen LogP contribution is -1.84. The molecular weight excluding hydrogens is 196 g/mol. The highest BCUT2D eigenvalue weighted by Gasteiger charge is 1.94. The van der Waals surface area contributed by atoms with Gasteiger partial charge < -0.3 is 4.42 Å². The van der Waals surface area contributed by atoms with Crippen LogP contribution in [0.3, 0.4) is 0 Å². The largest absolute Gasteiger partial charge is 0.470 e. The normalized spacial score (nSPS) is 13.6. The zero-order chi connectivity index (χ0) is 12.4. The van der Waals surface area contributed by atoms with Crippen molar-refractivity contribution < 1.29 is 4.42 Å². The molecule has 0 saturated heterocycles. The number of hydrogen-bond acceptors (Lipinski definition) is 1. The maximum Gasteiger partial charge on any atom is 0.100 e. The molecule has 90 valence electrons. The summed E-state index contributed by atoms with van der Waals surface area (Å²) in [5, 5.41) is 0. The minimum atomic E-state index is 0.968. The first-order chi connectivity index (χ1) is 7.68. The van der Waals surface area contributed by atoms with Gasteiger partial charge in [-0.2, -0.15) is 0 Å². The summed E-state index contributed by atoms with van der Waals surface area (Å²) in [6.07, 6.45) is 8.71. The van der Waals surface area contributed by atoms with E-state index in [1.807, 2.05) is 32.9 Å². The molecule has 0 spiro atoms. The third-order valence-electron chi connectivity index (χ3n) is 2.14. The average Bonchev–Trinajstić information content (AvgIpc) is 2.73. The Morgan fingerprint density at radius 1 is 1.12 bits per heavy atom. The van der Waals surface area contributed by atoms with Crippen molar-refractivity contribution in [1.29, 1.82) is 0 Å². The Labute approximate surface area is 99.9 Å². The summed E-state index contributed by atoms with van der Waals surface area (Å²) in [5.41, 5.74) is 2.94. The van der Waals surface area contributed by atoms with Crippen molar-refractivity contribution in [3.63, 3.8) is 0 Å². The predicted molar refractivity (Wildman–Crippen MR) is 71.5 cm³/mol. The molecule has 16 heavy (non-hydrogen) atoms. The van der Waals surface area contributed by atoms with Crippen LogP contribution in [0.15, 0.2) is 46.1 Å². The zero-order valence-corrected chi connectivity index (χ0v) is 11.2. The average molecular weight is 220 g/mol. The van der Waals surface area contributed by atoms with Gasteiger partial charge in [0.2, 0.25) is 0 Å². The Kier molecular flexibility index (Phi) is 8.32. The predicted octanol–water partition coefficient (Wildman–Crippen LogP) is 5.29. The van der Waals surface area contributed by atoms with Crippen molar-refractivity contribution in [2.75, 3.05) is 0 Å². The van der Waals surface area contributed by atoms with E-state index < -0.39 is 0 Å². The molecule has 0 saturated carbocycles. The number of rotatable bonds is 0. The molecule has 0 bridgehead atoms. The van der Waals surface area contributed by atoms with Gasteiger partial charge in [-0.15, -0.1) is 0 Å². The summed E-state index contributed by atoms with van der Waals surface area (Å²) in [6, 6.07) is 3.79. The topological polar surface area (TPSA) is 13.1 Å². The van der Waals surface area contributed by atoms with E-state index in [4.69, 9.17) is 4.42 Å². The van der Waals surface area contributed by atoms with Gasteiger partial charge in [-0.25, -0.2) is 0 Å². The Morgan fingerprint density at radius 2 is 1.81 bits per heavy atom. The van der Waals surface area contributed by atoms with Gasteiger partial charge in [0.25, 0.3) is 0 Å². The molecule has 1 aliphatic rings. The Bertz CT molecular complexity index is 315. The Hall–Kier alpha value is -1.24. The molecule has 0 radical (unpaired) electrons. The highest BCUT2D eigenvalue weighted by atomic mass is 16.3. The molecule has 0 amide bonds. The fourth-order valence-electron chi connectivity index (χ4n) is 1.41. The summed E-state index contributed by atoms with van der Waals surface area (Å²) < 4.78 is 4.83. The summed E-state index contributed by atoms with van der Waals surface area (Å²) in [4.78, 5) is 0. The maximum absolute atomic E-state index is 4.83. The highest BCUT2D eigenvalue weighted by Crippen LogP contribution is 2.14. The van der Waals surface area contributed by atoms with E-state index in [1.54, 1.807) is 6.26 Å². The molecule has 1 aliphatic carbocycles. The molecule has 1 aromatic rings. The van der Waals surface area contributed by atoms with Crippen molar-refractivity contribution >= 4 is 0 Å². The van der Waals surface area contributed by atoms with E-state index in [9.17, 15) is 0 Å². The fourth-order valence-corrected chi connectivity index (χ4v) is 1.41. The molecule has 0 unspecified atom stereocenters. The van der Waals surface area contributed by atoms with Crippen LogP contribution >= 0.6 is 0 Å². The molecule has 0 aromatic carbocycles. The van der Waals surface area contributed by atoms with Crippen LogP contribution in [0.4, 0.5) is 0 Å². The first-order valence-corrected chi connectivity index (χ1v) is 6.02. The van der Waals surface area contributed by atoms with Crippen LogP contribution in [-0.2, 0) is 0 Å². The molecular formula is C15H24O. The van der Waals surface area contributed by atoms with Gasteiger partial charge in [0.05, 0.1) is 6.26 Å². The molecule has 0 N–H and O–H groups in total. The lowest BCUT2D eigenvalue weighted by molar-refractivity contribution is 0.534. The maximum atomic E-state index is 4.83. The van der Waals surface area contributed by atoms with Crippen LogP contribution in [-0.4, -0.2) is 0 Å². The van der Waals surface area contributed by atoms with Crippen molar-refractivity contribution in [3.05, 3.63) is 47.5 Å². The molecule has 0 fully saturated rings. The molecule has 1 heterocycles. The van der Waals surface area contributed by atoms with E-state index in [2.05, 4.69) is 26.0 Å². The second-order valence-electron chi connectivity index (χ2n) is 3.70. The number of hydrogen-bond donors (Lipinski definition) is 0. The standard InChI is InChI=1S/C8H12.C5H6O.C2H6/c1-7-4-3-5-8(2)6-7;1-5-3-2-4-6-5;1-2/h4,6H,3,5H2,1-2H3;2-4H,1H3;1-2H3. The molecule has 1 heteroatoms. The first-order valence-electron chi connectivity index (χ1n) is 6.02. The number of allylic oxidation sites excluding steroid dienone is 4. The third-order valence-corrected chi connectivity index (χ3v) is 2.14. The fraction of sp³-hybridized carbons (Fsp3) is 0.467. The van der Waals surface area contributed by atoms with Crippen LogP contribution in [0.1, 0.15) is 46.3 Å². The lowest BCUT2D eigenvalue weighted by atomic mass is 10.0. The van der Waals surface area contributed by atoms with Gasteiger partial charge in [-0.1, -0.05) is 37.1 Å². The van der Waals surface area contributed by atoms with E-state index >= 15 is 0 Å². The van der Waals surface area contributed by atoms with Gasteiger partial charge in [0.1, 0.15) is 5.76 Å². The van der Waals surface area contributed by atoms with Crippen LogP contribution < -0.4 is 0 Å². The van der Waals surface area contributed by atoms with Crippen LogP contribution in [0.25, 0.3) is 0 Å².